The number of piperazine rings is 1. The van der Waals surface area contributed by atoms with E-state index >= 15 is 0 Å². The maximum absolute atomic E-state index is 5.89. The Labute approximate surface area is 125 Å². The Kier molecular flexibility index (Phi) is 3.44. The standard InChI is InChI=1S/C15H24N4S/c16-9-13-14(12-3-4-12)17-15(20-13)19-7-5-18(6-8-19)10-11-1-2-11/h11-12H,1-10,16H2. The predicted molar refractivity (Wildman–Crippen MR) is 83.4 cm³/mol. The average molecular weight is 292 g/mol. The Morgan fingerprint density at radius 1 is 1.10 bits per heavy atom. The van der Waals surface area contributed by atoms with E-state index < -0.39 is 0 Å². The summed E-state index contributed by atoms with van der Waals surface area (Å²) in [6.07, 6.45) is 5.53. The lowest BCUT2D eigenvalue weighted by molar-refractivity contribution is 0.248. The number of rotatable bonds is 5. The third-order valence-electron chi connectivity index (χ3n) is 4.72. The van der Waals surface area contributed by atoms with E-state index in [-0.39, 0.29) is 0 Å². The Balaban J connectivity index is 1.40. The Hall–Kier alpha value is -0.650. The molecule has 3 fully saturated rings. The molecule has 2 aliphatic carbocycles. The van der Waals surface area contributed by atoms with Crippen LogP contribution in [0.1, 0.15) is 42.2 Å². The minimum atomic E-state index is 0.658. The quantitative estimate of drug-likeness (QED) is 0.902. The van der Waals surface area contributed by atoms with Crippen LogP contribution in [-0.2, 0) is 6.54 Å². The van der Waals surface area contributed by atoms with Gasteiger partial charge in [-0.1, -0.05) is 0 Å². The van der Waals surface area contributed by atoms with E-state index in [1.165, 1.54) is 61.0 Å². The highest BCUT2D eigenvalue weighted by atomic mass is 32.1. The first kappa shape index (κ1) is 13.0. The second-order valence-corrected chi connectivity index (χ2v) is 7.58. The van der Waals surface area contributed by atoms with E-state index in [9.17, 15) is 0 Å². The molecule has 0 atom stereocenters. The molecule has 0 radical (unpaired) electrons. The van der Waals surface area contributed by atoms with E-state index in [0.29, 0.717) is 6.54 Å². The molecule has 20 heavy (non-hydrogen) atoms. The molecule has 0 unspecified atom stereocenters. The van der Waals surface area contributed by atoms with Crippen LogP contribution in [0, 0.1) is 5.92 Å². The lowest BCUT2D eigenvalue weighted by atomic mass is 10.2. The molecule has 0 amide bonds. The van der Waals surface area contributed by atoms with Gasteiger partial charge in [0.2, 0.25) is 0 Å². The first-order chi connectivity index (χ1) is 9.83. The Morgan fingerprint density at radius 2 is 1.85 bits per heavy atom. The van der Waals surface area contributed by atoms with Crippen molar-refractivity contribution in [3.05, 3.63) is 10.6 Å². The van der Waals surface area contributed by atoms with Gasteiger partial charge in [0, 0.05) is 50.1 Å². The summed E-state index contributed by atoms with van der Waals surface area (Å²) < 4.78 is 0. The van der Waals surface area contributed by atoms with E-state index in [4.69, 9.17) is 10.7 Å². The molecule has 3 aliphatic rings. The van der Waals surface area contributed by atoms with Crippen LogP contribution in [0.4, 0.5) is 5.13 Å². The topological polar surface area (TPSA) is 45.4 Å². The zero-order valence-corrected chi connectivity index (χ0v) is 12.9. The SMILES string of the molecule is NCc1sc(N2CCN(CC3CC3)CC2)nc1C1CC1. The number of hydrogen-bond donors (Lipinski definition) is 1. The minimum Gasteiger partial charge on any atom is -0.346 e. The molecule has 0 aromatic carbocycles. The summed E-state index contributed by atoms with van der Waals surface area (Å²) in [7, 11) is 0. The van der Waals surface area contributed by atoms with Crippen molar-refractivity contribution < 1.29 is 0 Å². The lowest BCUT2D eigenvalue weighted by Crippen LogP contribution is -2.47. The van der Waals surface area contributed by atoms with Crippen molar-refractivity contribution in [1.82, 2.24) is 9.88 Å². The third kappa shape index (κ3) is 2.71. The fraction of sp³-hybridized carbons (Fsp3) is 0.800. The maximum atomic E-state index is 5.89. The van der Waals surface area contributed by atoms with Gasteiger partial charge in [-0.3, -0.25) is 4.90 Å². The maximum Gasteiger partial charge on any atom is 0.185 e. The first-order valence-electron chi connectivity index (χ1n) is 8.00. The highest BCUT2D eigenvalue weighted by Crippen LogP contribution is 2.44. The monoisotopic (exact) mass is 292 g/mol. The molecular formula is C15H24N4S. The molecule has 1 aromatic heterocycles. The van der Waals surface area contributed by atoms with Crippen LogP contribution in [0.15, 0.2) is 0 Å². The van der Waals surface area contributed by atoms with Gasteiger partial charge in [-0.2, -0.15) is 0 Å². The number of hydrogen-bond acceptors (Lipinski definition) is 5. The van der Waals surface area contributed by atoms with Crippen molar-refractivity contribution >= 4 is 16.5 Å². The molecule has 4 nitrogen and oxygen atoms in total. The summed E-state index contributed by atoms with van der Waals surface area (Å²) in [6.45, 7) is 6.65. The van der Waals surface area contributed by atoms with Gasteiger partial charge in [0.1, 0.15) is 0 Å². The van der Waals surface area contributed by atoms with Crippen LogP contribution >= 0.6 is 11.3 Å². The van der Waals surface area contributed by atoms with Crippen molar-refractivity contribution in [2.45, 2.75) is 38.1 Å². The molecule has 5 heteroatoms. The highest BCUT2D eigenvalue weighted by molar-refractivity contribution is 7.15. The fourth-order valence-electron chi connectivity index (χ4n) is 3.10. The van der Waals surface area contributed by atoms with Gasteiger partial charge >= 0.3 is 0 Å². The molecule has 110 valence electrons. The van der Waals surface area contributed by atoms with Crippen molar-refractivity contribution in [2.24, 2.45) is 11.7 Å². The van der Waals surface area contributed by atoms with Gasteiger partial charge in [-0.05, 0) is 31.6 Å². The van der Waals surface area contributed by atoms with E-state index in [1.807, 2.05) is 11.3 Å². The predicted octanol–water partition coefficient (Wildman–Crippen LogP) is 2.01. The number of anilines is 1. The molecule has 0 spiro atoms. The molecule has 2 N–H and O–H groups in total. The van der Waals surface area contributed by atoms with E-state index in [1.54, 1.807) is 0 Å². The fourth-order valence-corrected chi connectivity index (χ4v) is 4.17. The summed E-state index contributed by atoms with van der Waals surface area (Å²) in [5.74, 6) is 1.72. The van der Waals surface area contributed by atoms with Crippen LogP contribution in [0.2, 0.25) is 0 Å². The minimum absolute atomic E-state index is 0.658. The number of nitrogens with two attached hydrogens (primary N) is 1. The third-order valence-corrected chi connectivity index (χ3v) is 5.88. The van der Waals surface area contributed by atoms with Crippen molar-refractivity contribution in [3.8, 4) is 0 Å². The number of thiazole rings is 1. The van der Waals surface area contributed by atoms with Crippen molar-refractivity contribution in [2.75, 3.05) is 37.6 Å². The Morgan fingerprint density at radius 3 is 2.45 bits per heavy atom. The summed E-state index contributed by atoms with van der Waals surface area (Å²) >= 11 is 1.83. The molecular weight excluding hydrogens is 268 g/mol. The lowest BCUT2D eigenvalue weighted by Gasteiger charge is -2.34. The van der Waals surface area contributed by atoms with E-state index in [0.717, 1.165) is 24.9 Å². The smallest absolute Gasteiger partial charge is 0.185 e. The summed E-state index contributed by atoms with van der Waals surface area (Å²) in [6, 6.07) is 0. The van der Waals surface area contributed by atoms with Gasteiger partial charge in [-0.15, -0.1) is 11.3 Å². The van der Waals surface area contributed by atoms with Crippen LogP contribution in [0.5, 0.6) is 0 Å². The molecule has 1 aliphatic heterocycles. The van der Waals surface area contributed by atoms with E-state index in [2.05, 4.69) is 9.80 Å². The average Bonchev–Trinajstić information content (AvgIpc) is 3.40. The highest BCUT2D eigenvalue weighted by Gasteiger charge is 2.31. The zero-order valence-electron chi connectivity index (χ0n) is 12.1. The number of nitrogens with zero attached hydrogens (tertiary/aromatic N) is 3. The summed E-state index contributed by atoms with van der Waals surface area (Å²) in [5.41, 5.74) is 7.20. The Bertz CT molecular complexity index is 470. The van der Waals surface area contributed by atoms with Gasteiger partial charge in [0.05, 0.1) is 5.69 Å². The zero-order chi connectivity index (χ0) is 13.5. The van der Waals surface area contributed by atoms with Crippen LogP contribution < -0.4 is 10.6 Å². The molecule has 2 saturated carbocycles. The molecule has 2 heterocycles. The summed E-state index contributed by atoms with van der Waals surface area (Å²) in [4.78, 5) is 11.3. The number of aromatic nitrogens is 1. The van der Waals surface area contributed by atoms with Gasteiger partial charge in [0.25, 0.3) is 0 Å². The molecule has 1 aromatic rings. The summed E-state index contributed by atoms with van der Waals surface area (Å²) in [5, 5.41) is 1.22. The largest absolute Gasteiger partial charge is 0.346 e. The van der Waals surface area contributed by atoms with Crippen LogP contribution in [0.25, 0.3) is 0 Å². The van der Waals surface area contributed by atoms with Crippen LogP contribution in [-0.4, -0.2) is 42.6 Å². The second-order valence-electron chi connectivity index (χ2n) is 6.51. The van der Waals surface area contributed by atoms with Crippen LogP contribution in [0.3, 0.4) is 0 Å². The normalized spacial score (nSPS) is 24.4. The molecule has 1 saturated heterocycles. The van der Waals surface area contributed by atoms with Gasteiger partial charge in [0.15, 0.2) is 5.13 Å². The van der Waals surface area contributed by atoms with Gasteiger partial charge < -0.3 is 10.6 Å². The van der Waals surface area contributed by atoms with Gasteiger partial charge in [-0.25, -0.2) is 4.98 Å². The first-order valence-corrected chi connectivity index (χ1v) is 8.82. The van der Waals surface area contributed by atoms with Crippen molar-refractivity contribution in [3.63, 3.8) is 0 Å². The molecule has 4 rings (SSSR count). The second kappa shape index (κ2) is 5.28. The molecule has 0 bridgehead atoms. The van der Waals surface area contributed by atoms with Crippen molar-refractivity contribution in [1.29, 1.82) is 0 Å².